The van der Waals surface area contributed by atoms with Gasteiger partial charge in [0.1, 0.15) is 5.75 Å². The van der Waals surface area contributed by atoms with E-state index in [2.05, 4.69) is 16.3 Å². The highest BCUT2D eigenvalue weighted by Gasteiger charge is 2.24. The molecule has 1 amide bonds. The number of carbonyl (C=O) groups excluding carboxylic acids is 1. The molecule has 1 heterocycles. The molecule has 0 saturated carbocycles. The minimum Gasteiger partial charge on any atom is -0.484 e. The second kappa shape index (κ2) is 10.5. The van der Waals surface area contributed by atoms with Crippen molar-refractivity contribution in [3.63, 3.8) is 0 Å². The Kier molecular flexibility index (Phi) is 7.75. The maximum atomic E-state index is 12.4. The molecule has 0 aromatic heterocycles. The largest absolute Gasteiger partial charge is 0.484 e. The summed E-state index contributed by atoms with van der Waals surface area (Å²) in [4.78, 5) is 14.8. The van der Waals surface area contributed by atoms with Crippen molar-refractivity contribution in [1.82, 2.24) is 10.2 Å². The van der Waals surface area contributed by atoms with E-state index in [0.717, 1.165) is 29.2 Å². The second-order valence-electron chi connectivity index (χ2n) is 7.39. The zero-order valence-corrected chi connectivity index (χ0v) is 17.3. The van der Waals surface area contributed by atoms with Crippen LogP contribution in [0.2, 0.25) is 5.02 Å². The third kappa shape index (κ3) is 5.98. The number of likely N-dealkylation sites (tertiary alicyclic amines) is 1. The average Bonchev–Trinajstić information content (AvgIpc) is 2.98. The number of aryl methyl sites for hydroxylation is 1. The summed E-state index contributed by atoms with van der Waals surface area (Å²) in [7, 11) is 0. The van der Waals surface area contributed by atoms with Crippen LogP contribution < -0.4 is 10.1 Å². The Hall–Kier alpha value is -2.04. The van der Waals surface area contributed by atoms with Crippen LogP contribution in [0.3, 0.4) is 0 Å². The summed E-state index contributed by atoms with van der Waals surface area (Å²) in [6.45, 7) is 4.63. The van der Waals surface area contributed by atoms with E-state index in [9.17, 15) is 4.79 Å². The fourth-order valence-electron chi connectivity index (χ4n) is 3.63. The molecule has 1 N–H and O–H groups in total. The second-order valence-corrected chi connectivity index (χ2v) is 7.80. The maximum Gasteiger partial charge on any atom is 0.258 e. The lowest BCUT2D eigenvalue weighted by atomic mass is 10.0. The lowest BCUT2D eigenvalue weighted by molar-refractivity contribution is -0.123. The van der Waals surface area contributed by atoms with Crippen molar-refractivity contribution in [1.29, 1.82) is 0 Å². The van der Waals surface area contributed by atoms with Crippen LogP contribution in [0.15, 0.2) is 48.5 Å². The van der Waals surface area contributed by atoms with Gasteiger partial charge in [0.15, 0.2) is 6.61 Å². The number of benzene rings is 2. The molecule has 1 aliphatic heterocycles. The molecule has 0 radical (unpaired) electrons. The predicted molar refractivity (Wildman–Crippen MR) is 114 cm³/mol. The first-order valence-electron chi connectivity index (χ1n) is 10.1. The average molecular weight is 401 g/mol. The summed E-state index contributed by atoms with van der Waals surface area (Å²) >= 11 is 6.48. The van der Waals surface area contributed by atoms with Gasteiger partial charge < -0.3 is 10.1 Å². The highest BCUT2D eigenvalue weighted by molar-refractivity contribution is 6.31. The van der Waals surface area contributed by atoms with Crippen LogP contribution >= 0.6 is 11.6 Å². The number of hydrogen-bond acceptors (Lipinski definition) is 3. The predicted octanol–water partition coefficient (Wildman–Crippen LogP) is 4.76. The molecule has 0 spiro atoms. The Bertz CT molecular complexity index is 755. The molecule has 2 aromatic rings. The first-order chi connectivity index (χ1) is 13.6. The van der Waals surface area contributed by atoms with Gasteiger partial charge >= 0.3 is 0 Å². The molecule has 1 aliphatic rings. The quantitative estimate of drug-likeness (QED) is 0.728. The van der Waals surface area contributed by atoms with Crippen molar-refractivity contribution >= 4 is 17.5 Å². The van der Waals surface area contributed by atoms with Gasteiger partial charge in [-0.1, -0.05) is 60.3 Å². The zero-order valence-electron chi connectivity index (χ0n) is 16.5. The number of nitrogens with zero attached hydrogens (tertiary/aromatic N) is 1. The van der Waals surface area contributed by atoms with Crippen molar-refractivity contribution in [2.24, 2.45) is 0 Å². The SMILES string of the molecule is Cc1ccc(OCC(=O)NC[C@H](c2ccccc2Cl)N2CCCCCC2)cc1. The molecule has 4 nitrogen and oxygen atoms in total. The highest BCUT2D eigenvalue weighted by atomic mass is 35.5. The van der Waals surface area contributed by atoms with E-state index in [-0.39, 0.29) is 18.6 Å². The van der Waals surface area contributed by atoms with Gasteiger partial charge in [0.25, 0.3) is 5.91 Å². The number of halogens is 1. The van der Waals surface area contributed by atoms with Crippen molar-refractivity contribution in [2.75, 3.05) is 26.2 Å². The Morgan fingerprint density at radius 3 is 2.43 bits per heavy atom. The standard InChI is InChI=1S/C23H29ClN2O2/c1-18-10-12-19(13-11-18)28-17-23(27)25-16-22(20-8-4-5-9-21(20)24)26-14-6-2-3-7-15-26/h4-5,8-13,22H,2-3,6-7,14-17H2,1H3,(H,25,27)/t22-/m1/s1. The molecular formula is C23H29ClN2O2. The topological polar surface area (TPSA) is 41.6 Å². The first-order valence-corrected chi connectivity index (χ1v) is 10.5. The summed E-state index contributed by atoms with van der Waals surface area (Å²) in [5.41, 5.74) is 2.24. The van der Waals surface area contributed by atoms with Crippen molar-refractivity contribution in [2.45, 2.75) is 38.6 Å². The Morgan fingerprint density at radius 2 is 1.75 bits per heavy atom. The Balaban J connectivity index is 1.61. The van der Waals surface area contributed by atoms with Crippen LogP contribution in [0, 0.1) is 6.92 Å². The number of rotatable bonds is 7. The fourth-order valence-corrected chi connectivity index (χ4v) is 3.89. The molecule has 0 bridgehead atoms. The van der Waals surface area contributed by atoms with Gasteiger partial charge in [0, 0.05) is 11.6 Å². The zero-order chi connectivity index (χ0) is 19.8. The number of hydrogen-bond donors (Lipinski definition) is 1. The molecule has 0 aliphatic carbocycles. The summed E-state index contributed by atoms with van der Waals surface area (Å²) in [6.07, 6.45) is 4.90. The molecule has 150 valence electrons. The molecule has 0 unspecified atom stereocenters. The normalized spacial score (nSPS) is 16.2. The fraction of sp³-hybridized carbons (Fsp3) is 0.435. The third-order valence-corrected chi connectivity index (χ3v) is 5.57. The number of carbonyl (C=O) groups is 1. The van der Waals surface area contributed by atoms with Crippen LogP contribution in [0.5, 0.6) is 5.75 Å². The summed E-state index contributed by atoms with van der Waals surface area (Å²) < 4.78 is 5.60. The van der Waals surface area contributed by atoms with Crippen LogP contribution in [0.1, 0.15) is 42.9 Å². The minimum atomic E-state index is -0.118. The van der Waals surface area contributed by atoms with E-state index in [1.165, 1.54) is 25.7 Å². The van der Waals surface area contributed by atoms with E-state index in [1.807, 2.05) is 49.4 Å². The van der Waals surface area contributed by atoms with Crippen LogP contribution in [-0.2, 0) is 4.79 Å². The molecular weight excluding hydrogens is 372 g/mol. The van der Waals surface area contributed by atoms with Crippen molar-refractivity contribution in [3.8, 4) is 5.75 Å². The van der Waals surface area contributed by atoms with E-state index in [4.69, 9.17) is 16.3 Å². The molecule has 1 saturated heterocycles. The van der Waals surface area contributed by atoms with Gasteiger partial charge in [-0.2, -0.15) is 0 Å². The Labute approximate surface area is 172 Å². The van der Waals surface area contributed by atoms with Crippen LogP contribution in [-0.4, -0.2) is 37.0 Å². The van der Waals surface area contributed by atoms with Crippen molar-refractivity contribution in [3.05, 3.63) is 64.7 Å². The monoisotopic (exact) mass is 400 g/mol. The number of nitrogens with one attached hydrogen (secondary N) is 1. The number of amides is 1. The lowest BCUT2D eigenvalue weighted by Gasteiger charge is -2.31. The molecule has 3 rings (SSSR count). The molecule has 1 fully saturated rings. The van der Waals surface area contributed by atoms with Crippen LogP contribution in [0.25, 0.3) is 0 Å². The lowest BCUT2D eigenvalue weighted by Crippen LogP contribution is -2.40. The van der Waals surface area contributed by atoms with Crippen molar-refractivity contribution < 1.29 is 9.53 Å². The molecule has 5 heteroatoms. The molecule has 28 heavy (non-hydrogen) atoms. The number of ether oxygens (including phenoxy) is 1. The molecule has 1 atom stereocenters. The van der Waals surface area contributed by atoms with Gasteiger partial charge in [-0.05, 0) is 56.6 Å². The summed E-state index contributed by atoms with van der Waals surface area (Å²) in [5.74, 6) is 0.586. The summed E-state index contributed by atoms with van der Waals surface area (Å²) in [6, 6.07) is 15.7. The van der Waals surface area contributed by atoms with E-state index in [0.29, 0.717) is 12.3 Å². The Morgan fingerprint density at radius 1 is 1.07 bits per heavy atom. The first kappa shape index (κ1) is 20.7. The summed E-state index contributed by atoms with van der Waals surface area (Å²) in [5, 5.41) is 3.80. The smallest absolute Gasteiger partial charge is 0.258 e. The molecule has 2 aromatic carbocycles. The minimum absolute atomic E-state index is 0.0122. The maximum absolute atomic E-state index is 12.4. The van der Waals surface area contributed by atoms with Crippen LogP contribution in [0.4, 0.5) is 0 Å². The van der Waals surface area contributed by atoms with Gasteiger partial charge in [0.2, 0.25) is 0 Å². The van der Waals surface area contributed by atoms with Gasteiger partial charge in [-0.3, -0.25) is 9.69 Å². The van der Waals surface area contributed by atoms with Gasteiger partial charge in [-0.25, -0.2) is 0 Å². The van der Waals surface area contributed by atoms with Gasteiger partial charge in [-0.15, -0.1) is 0 Å². The van der Waals surface area contributed by atoms with E-state index < -0.39 is 0 Å². The highest BCUT2D eigenvalue weighted by Crippen LogP contribution is 2.29. The van der Waals surface area contributed by atoms with E-state index in [1.54, 1.807) is 0 Å². The third-order valence-electron chi connectivity index (χ3n) is 5.23. The van der Waals surface area contributed by atoms with E-state index >= 15 is 0 Å². The van der Waals surface area contributed by atoms with Gasteiger partial charge in [0.05, 0.1) is 6.04 Å².